The maximum atomic E-state index is 12.9. The highest BCUT2D eigenvalue weighted by Crippen LogP contribution is 2.07. The van der Waals surface area contributed by atoms with Crippen molar-refractivity contribution in [3.05, 3.63) is 71.5 Å². The molecule has 0 aromatic heterocycles. The van der Waals surface area contributed by atoms with Gasteiger partial charge in [0.05, 0.1) is 6.04 Å². The van der Waals surface area contributed by atoms with Crippen LogP contribution in [0, 0.1) is 5.82 Å². The van der Waals surface area contributed by atoms with E-state index >= 15 is 0 Å². The fourth-order valence-electron chi connectivity index (χ4n) is 2.30. The van der Waals surface area contributed by atoms with Crippen LogP contribution in [-0.4, -0.2) is 29.1 Å². The Hall–Kier alpha value is -2.44. The largest absolute Gasteiger partial charge is 0.480 e. The maximum absolute atomic E-state index is 12.9. The van der Waals surface area contributed by atoms with Crippen molar-refractivity contribution in [1.29, 1.82) is 0 Å². The van der Waals surface area contributed by atoms with Gasteiger partial charge in [-0.1, -0.05) is 42.5 Å². The van der Waals surface area contributed by atoms with Crippen LogP contribution in [0.25, 0.3) is 0 Å². The molecule has 0 fully saturated rings. The van der Waals surface area contributed by atoms with Crippen LogP contribution in [0.1, 0.15) is 11.1 Å². The van der Waals surface area contributed by atoms with Crippen molar-refractivity contribution < 1.29 is 19.1 Å². The van der Waals surface area contributed by atoms with Crippen molar-refractivity contribution >= 4 is 24.3 Å². The molecule has 0 saturated heterocycles. The van der Waals surface area contributed by atoms with Crippen molar-refractivity contribution in [3.8, 4) is 0 Å². The summed E-state index contributed by atoms with van der Waals surface area (Å²) in [6.07, 6.45) is 0.370. The van der Waals surface area contributed by atoms with Gasteiger partial charge in [0.2, 0.25) is 5.91 Å². The lowest BCUT2D eigenvalue weighted by atomic mass is 10.0. The van der Waals surface area contributed by atoms with Crippen LogP contribution in [0.15, 0.2) is 54.6 Å². The Labute approximate surface area is 151 Å². The number of hydrogen-bond donors (Lipinski definition) is 3. The van der Waals surface area contributed by atoms with Gasteiger partial charge >= 0.3 is 5.97 Å². The lowest BCUT2D eigenvalue weighted by Crippen LogP contribution is -2.50. The quantitative estimate of drug-likeness (QED) is 0.698. The Morgan fingerprint density at radius 2 is 1.56 bits per heavy atom. The molecule has 134 valence electrons. The Balaban J connectivity index is 0.00000312. The number of amides is 1. The summed E-state index contributed by atoms with van der Waals surface area (Å²) < 4.78 is 12.9. The highest BCUT2D eigenvalue weighted by Gasteiger charge is 2.23. The van der Waals surface area contributed by atoms with Crippen LogP contribution in [-0.2, 0) is 22.4 Å². The number of rotatable bonds is 7. The molecule has 7 heteroatoms. The van der Waals surface area contributed by atoms with Gasteiger partial charge in [-0.05, 0) is 29.7 Å². The van der Waals surface area contributed by atoms with Gasteiger partial charge in [-0.3, -0.25) is 4.79 Å². The van der Waals surface area contributed by atoms with Crippen molar-refractivity contribution in [1.82, 2.24) is 5.32 Å². The standard InChI is InChI=1S/C18H19FN2O3.ClH/c19-14-8-6-13(7-9-14)11-16(18(23)24)21-17(22)15(20)10-12-4-2-1-3-5-12;/h1-9,15-16H,10-11,20H2,(H,21,22)(H,23,24);1H/t15-,16-;/m0./s1. The van der Waals surface area contributed by atoms with E-state index in [1.807, 2.05) is 30.3 Å². The lowest BCUT2D eigenvalue weighted by molar-refractivity contribution is -0.141. The number of carboxylic acid groups (broad SMARTS) is 1. The summed E-state index contributed by atoms with van der Waals surface area (Å²) in [4.78, 5) is 23.5. The molecule has 0 aliphatic heterocycles. The van der Waals surface area contributed by atoms with Gasteiger partial charge in [0, 0.05) is 6.42 Å². The molecule has 2 aromatic rings. The number of nitrogens with two attached hydrogens (primary N) is 1. The molecule has 2 aromatic carbocycles. The number of benzene rings is 2. The zero-order valence-electron chi connectivity index (χ0n) is 13.4. The van der Waals surface area contributed by atoms with Gasteiger partial charge in [-0.2, -0.15) is 0 Å². The third kappa shape index (κ3) is 6.52. The SMILES string of the molecule is Cl.N[C@@H](Cc1ccccc1)C(=O)N[C@@H](Cc1ccc(F)cc1)C(=O)O. The van der Waals surface area contributed by atoms with E-state index in [-0.39, 0.29) is 18.8 Å². The third-order valence-corrected chi connectivity index (χ3v) is 3.60. The number of carbonyl (C=O) groups is 2. The van der Waals surface area contributed by atoms with Crippen molar-refractivity contribution in [2.45, 2.75) is 24.9 Å². The molecule has 4 N–H and O–H groups in total. The molecule has 1 amide bonds. The van der Waals surface area contributed by atoms with E-state index in [2.05, 4.69) is 5.32 Å². The number of halogens is 2. The molecule has 0 unspecified atom stereocenters. The Morgan fingerprint density at radius 1 is 1.00 bits per heavy atom. The van der Waals surface area contributed by atoms with Crippen LogP contribution >= 0.6 is 12.4 Å². The number of hydrogen-bond acceptors (Lipinski definition) is 3. The van der Waals surface area contributed by atoms with Crippen molar-refractivity contribution in [2.75, 3.05) is 0 Å². The molecule has 0 heterocycles. The molecule has 0 aliphatic carbocycles. The third-order valence-electron chi connectivity index (χ3n) is 3.60. The lowest BCUT2D eigenvalue weighted by Gasteiger charge is -2.18. The topological polar surface area (TPSA) is 92.4 Å². The van der Waals surface area contributed by atoms with E-state index in [0.717, 1.165) is 5.56 Å². The fourth-order valence-corrected chi connectivity index (χ4v) is 2.30. The van der Waals surface area contributed by atoms with Gasteiger partial charge in [-0.25, -0.2) is 9.18 Å². The van der Waals surface area contributed by atoms with Crippen molar-refractivity contribution in [3.63, 3.8) is 0 Å². The zero-order valence-corrected chi connectivity index (χ0v) is 14.2. The van der Waals surface area contributed by atoms with Gasteiger partial charge < -0.3 is 16.2 Å². The van der Waals surface area contributed by atoms with Crippen LogP contribution in [0.2, 0.25) is 0 Å². The Bertz CT molecular complexity index is 695. The molecular weight excluding hydrogens is 347 g/mol. The smallest absolute Gasteiger partial charge is 0.326 e. The number of carboxylic acids is 1. The van der Waals surface area contributed by atoms with Gasteiger partial charge in [0.25, 0.3) is 0 Å². The van der Waals surface area contributed by atoms with E-state index in [9.17, 15) is 19.1 Å². The summed E-state index contributed by atoms with van der Waals surface area (Å²) in [6, 6.07) is 12.7. The second kappa shape index (κ2) is 9.76. The molecule has 2 rings (SSSR count). The van der Waals surface area contributed by atoms with E-state index in [1.54, 1.807) is 0 Å². The minimum atomic E-state index is -1.17. The first kappa shape index (κ1) is 20.6. The fraction of sp³-hybridized carbons (Fsp3) is 0.222. The molecule has 0 bridgehead atoms. The average molecular weight is 367 g/mol. The summed E-state index contributed by atoms with van der Waals surface area (Å²) in [5.74, 6) is -2.10. The highest BCUT2D eigenvalue weighted by atomic mass is 35.5. The number of aliphatic carboxylic acids is 1. The predicted octanol–water partition coefficient (Wildman–Crippen LogP) is 1.93. The molecular formula is C18H20ClFN2O3. The van der Waals surface area contributed by atoms with Gasteiger partial charge in [-0.15, -0.1) is 12.4 Å². The highest BCUT2D eigenvalue weighted by molar-refractivity contribution is 5.87. The molecule has 0 radical (unpaired) electrons. The zero-order chi connectivity index (χ0) is 17.5. The predicted molar refractivity (Wildman–Crippen MR) is 95.0 cm³/mol. The van der Waals surface area contributed by atoms with E-state index in [0.29, 0.717) is 12.0 Å². The summed E-state index contributed by atoms with van der Waals surface area (Å²) in [7, 11) is 0. The van der Waals surface area contributed by atoms with Crippen LogP contribution in [0.3, 0.4) is 0 Å². The minimum absolute atomic E-state index is 0. The first-order valence-electron chi connectivity index (χ1n) is 7.53. The monoisotopic (exact) mass is 366 g/mol. The summed E-state index contributed by atoms with van der Waals surface area (Å²) >= 11 is 0. The number of carbonyl (C=O) groups excluding carboxylic acids is 1. The average Bonchev–Trinajstić information content (AvgIpc) is 2.56. The Morgan fingerprint density at radius 3 is 2.12 bits per heavy atom. The van der Waals surface area contributed by atoms with Crippen LogP contribution in [0.4, 0.5) is 4.39 Å². The van der Waals surface area contributed by atoms with Gasteiger partial charge in [0.15, 0.2) is 0 Å². The first-order valence-corrected chi connectivity index (χ1v) is 7.53. The van der Waals surface area contributed by atoms with Crippen LogP contribution in [0.5, 0.6) is 0 Å². The first-order chi connectivity index (χ1) is 11.5. The molecule has 5 nitrogen and oxygen atoms in total. The molecule has 25 heavy (non-hydrogen) atoms. The van der Waals surface area contributed by atoms with E-state index < -0.39 is 29.8 Å². The Kier molecular flexibility index (Phi) is 8.04. The molecule has 0 aliphatic rings. The summed E-state index contributed by atoms with van der Waals surface area (Å²) in [5, 5.41) is 11.7. The number of nitrogens with one attached hydrogen (secondary N) is 1. The van der Waals surface area contributed by atoms with Gasteiger partial charge in [0.1, 0.15) is 11.9 Å². The van der Waals surface area contributed by atoms with E-state index in [4.69, 9.17) is 5.73 Å². The minimum Gasteiger partial charge on any atom is -0.480 e. The second-order valence-electron chi connectivity index (χ2n) is 5.53. The normalized spacial score (nSPS) is 12.6. The molecule has 2 atom stereocenters. The van der Waals surface area contributed by atoms with Crippen LogP contribution < -0.4 is 11.1 Å². The van der Waals surface area contributed by atoms with E-state index in [1.165, 1.54) is 24.3 Å². The molecule has 0 saturated carbocycles. The van der Waals surface area contributed by atoms with Crippen molar-refractivity contribution in [2.24, 2.45) is 5.73 Å². The summed E-state index contributed by atoms with van der Waals surface area (Å²) in [5.41, 5.74) is 7.36. The summed E-state index contributed by atoms with van der Waals surface area (Å²) in [6.45, 7) is 0. The second-order valence-corrected chi connectivity index (χ2v) is 5.53. The maximum Gasteiger partial charge on any atom is 0.326 e. The molecule has 0 spiro atoms.